The SMILES string of the molecule is CC(=O)OC1CC2CC(O)CC[C@]2(C)[C@H]2CC(OC(C)=O)[C@]3(C)[C@@H](C(C)=O)CC[C@H]3[C@H]12. The molecule has 0 aliphatic heterocycles. The second-order valence-electron chi connectivity index (χ2n) is 11.2. The van der Waals surface area contributed by atoms with E-state index in [1.807, 2.05) is 0 Å². The highest BCUT2D eigenvalue weighted by Gasteiger charge is 2.67. The van der Waals surface area contributed by atoms with Gasteiger partial charge in [-0.1, -0.05) is 13.8 Å². The predicted octanol–water partition coefficient (Wildman–Crippen LogP) is 3.68. The van der Waals surface area contributed by atoms with E-state index in [1.165, 1.54) is 13.8 Å². The molecule has 4 aliphatic rings. The number of carbonyl (C=O) groups excluding carboxylic acids is 3. The zero-order valence-corrected chi connectivity index (χ0v) is 19.6. The molecular formula is C25H38O6. The van der Waals surface area contributed by atoms with Crippen LogP contribution in [0.3, 0.4) is 0 Å². The van der Waals surface area contributed by atoms with Crippen LogP contribution in [-0.2, 0) is 23.9 Å². The molecule has 0 aromatic carbocycles. The standard InChI is InChI=1S/C25H38O6/c1-13(26)18-6-7-19-23-20(12-22(25(18,19)5)31-15(3)28)24(4)9-8-17(29)10-16(24)11-21(23)30-14(2)27/h16-23,29H,6-12H2,1-5H3/t16?,17?,18-,19+,20+,21?,22?,23+,24+,25-/m1/s1. The monoisotopic (exact) mass is 434 g/mol. The molecule has 6 nitrogen and oxygen atoms in total. The highest BCUT2D eigenvalue weighted by Crippen LogP contribution is 2.68. The lowest BCUT2D eigenvalue weighted by Gasteiger charge is -2.63. The molecule has 4 unspecified atom stereocenters. The van der Waals surface area contributed by atoms with Crippen LogP contribution in [-0.4, -0.2) is 41.1 Å². The number of hydrogen-bond donors (Lipinski definition) is 1. The topological polar surface area (TPSA) is 89.9 Å². The van der Waals surface area contributed by atoms with Crippen molar-refractivity contribution in [3.05, 3.63) is 0 Å². The molecule has 0 bridgehead atoms. The molecule has 0 heterocycles. The number of Topliss-reactive ketones (excluding diaryl/α,β-unsaturated/α-hetero) is 1. The molecule has 4 fully saturated rings. The summed E-state index contributed by atoms with van der Waals surface area (Å²) in [5.41, 5.74) is -0.428. The molecule has 0 radical (unpaired) electrons. The van der Waals surface area contributed by atoms with Gasteiger partial charge in [0.2, 0.25) is 0 Å². The van der Waals surface area contributed by atoms with Gasteiger partial charge in [0, 0.05) is 31.1 Å². The van der Waals surface area contributed by atoms with Crippen LogP contribution < -0.4 is 0 Å². The number of hydrogen-bond acceptors (Lipinski definition) is 6. The Bertz CT molecular complexity index is 763. The fraction of sp³-hybridized carbons (Fsp3) is 0.880. The van der Waals surface area contributed by atoms with Crippen molar-refractivity contribution in [2.24, 2.45) is 40.4 Å². The summed E-state index contributed by atoms with van der Waals surface area (Å²) in [6.07, 6.45) is 4.76. The van der Waals surface area contributed by atoms with Crippen LogP contribution in [0.1, 0.15) is 79.6 Å². The van der Waals surface area contributed by atoms with Crippen molar-refractivity contribution in [2.45, 2.75) is 97.9 Å². The minimum absolute atomic E-state index is 0.00852. The van der Waals surface area contributed by atoms with Gasteiger partial charge in [0.25, 0.3) is 0 Å². The van der Waals surface area contributed by atoms with Gasteiger partial charge in [0.15, 0.2) is 0 Å². The molecular weight excluding hydrogens is 396 g/mol. The first kappa shape index (κ1) is 22.8. The molecule has 31 heavy (non-hydrogen) atoms. The number of carbonyl (C=O) groups is 3. The van der Waals surface area contributed by atoms with Gasteiger partial charge in [-0.3, -0.25) is 14.4 Å². The van der Waals surface area contributed by atoms with Gasteiger partial charge < -0.3 is 14.6 Å². The van der Waals surface area contributed by atoms with E-state index in [0.29, 0.717) is 6.42 Å². The van der Waals surface area contributed by atoms with Crippen molar-refractivity contribution >= 4 is 17.7 Å². The summed E-state index contributed by atoms with van der Waals surface area (Å²) in [5.74, 6) is 0.273. The first-order chi connectivity index (χ1) is 14.5. The van der Waals surface area contributed by atoms with Crippen molar-refractivity contribution in [1.29, 1.82) is 0 Å². The summed E-state index contributed by atoms with van der Waals surface area (Å²) in [6.45, 7) is 9.03. The molecule has 6 heteroatoms. The summed E-state index contributed by atoms with van der Waals surface area (Å²) >= 11 is 0. The first-order valence-corrected chi connectivity index (χ1v) is 12.0. The van der Waals surface area contributed by atoms with E-state index in [-0.39, 0.29) is 71.0 Å². The van der Waals surface area contributed by atoms with Crippen molar-refractivity contribution in [3.63, 3.8) is 0 Å². The van der Waals surface area contributed by atoms with E-state index in [0.717, 1.165) is 38.5 Å². The van der Waals surface area contributed by atoms with Gasteiger partial charge >= 0.3 is 11.9 Å². The Balaban J connectivity index is 1.79. The van der Waals surface area contributed by atoms with Crippen molar-refractivity contribution in [2.75, 3.05) is 0 Å². The minimum atomic E-state index is -0.436. The van der Waals surface area contributed by atoms with Crippen LogP contribution in [0.25, 0.3) is 0 Å². The summed E-state index contributed by atoms with van der Waals surface area (Å²) in [5, 5.41) is 10.4. The zero-order valence-electron chi connectivity index (χ0n) is 19.6. The number of ether oxygens (including phenoxy) is 2. The van der Waals surface area contributed by atoms with Gasteiger partial charge in [0.05, 0.1) is 6.10 Å². The van der Waals surface area contributed by atoms with Crippen LogP contribution in [0.5, 0.6) is 0 Å². The fourth-order valence-corrected chi connectivity index (χ4v) is 8.49. The Hall–Kier alpha value is -1.43. The predicted molar refractivity (Wildman–Crippen MR) is 114 cm³/mol. The zero-order chi connectivity index (χ0) is 22.7. The number of rotatable bonds is 3. The molecule has 174 valence electrons. The van der Waals surface area contributed by atoms with Gasteiger partial charge in [-0.05, 0) is 75.0 Å². The molecule has 10 atom stereocenters. The summed E-state index contributed by atoms with van der Waals surface area (Å²) in [7, 11) is 0. The molecule has 1 N–H and O–H groups in total. The number of esters is 2. The van der Waals surface area contributed by atoms with Crippen molar-refractivity contribution in [3.8, 4) is 0 Å². The van der Waals surface area contributed by atoms with Crippen LogP contribution in [0, 0.1) is 40.4 Å². The number of fused-ring (bicyclic) bond motifs is 5. The lowest BCUT2D eigenvalue weighted by Crippen LogP contribution is -2.63. The highest BCUT2D eigenvalue weighted by atomic mass is 16.5. The maximum atomic E-state index is 12.6. The van der Waals surface area contributed by atoms with Gasteiger partial charge in [-0.25, -0.2) is 0 Å². The second-order valence-corrected chi connectivity index (χ2v) is 11.2. The molecule has 4 aliphatic carbocycles. The Kier molecular flexibility index (Phi) is 5.77. The van der Waals surface area contributed by atoms with Crippen molar-refractivity contribution < 1.29 is 29.0 Å². The maximum Gasteiger partial charge on any atom is 0.302 e. The minimum Gasteiger partial charge on any atom is -0.462 e. The third-order valence-electron chi connectivity index (χ3n) is 9.82. The lowest BCUT2D eigenvalue weighted by molar-refractivity contribution is -0.221. The normalized spacial score (nSPS) is 48.7. The molecule has 0 aromatic heterocycles. The third-order valence-corrected chi connectivity index (χ3v) is 9.82. The van der Waals surface area contributed by atoms with Crippen LogP contribution in [0.2, 0.25) is 0 Å². The first-order valence-electron chi connectivity index (χ1n) is 12.0. The van der Waals surface area contributed by atoms with Crippen LogP contribution >= 0.6 is 0 Å². The number of ketones is 1. The quantitative estimate of drug-likeness (QED) is 0.682. The largest absolute Gasteiger partial charge is 0.462 e. The van der Waals surface area contributed by atoms with Gasteiger partial charge in [-0.15, -0.1) is 0 Å². The van der Waals surface area contributed by atoms with E-state index in [1.54, 1.807) is 6.92 Å². The average molecular weight is 435 g/mol. The van der Waals surface area contributed by atoms with E-state index in [9.17, 15) is 19.5 Å². The molecule has 0 saturated heterocycles. The van der Waals surface area contributed by atoms with E-state index >= 15 is 0 Å². The molecule has 0 spiro atoms. The Morgan fingerprint density at radius 3 is 2.16 bits per heavy atom. The summed E-state index contributed by atoms with van der Waals surface area (Å²) < 4.78 is 11.9. The van der Waals surface area contributed by atoms with Gasteiger partial charge in [0.1, 0.15) is 18.0 Å². The van der Waals surface area contributed by atoms with Crippen LogP contribution in [0.15, 0.2) is 0 Å². The Morgan fingerprint density at radius 1 is 0.871 bits per heavy atom. The second kappa shape index (κ2) is 7.86. The third kappa shape index (κ3) is 3.53. The smallest absolute Gasteiger partial charge is 0.302 e. The molecule has 0 amide bonds. The highest BCUT2D eigenvalue weighted by molar-refractivity contribution is 5.80. The Labute approximate surface area is 185 Å². The average Bonchev–Trinajstić information content (AvgIpc) is 3.01. The number of aliphatic hydroxyl groups is 1. The molecule has 0 aromatic rings. The van der Waals surface area contributed by atoms with Gasteiger partial charge in [-0.2, -0.15) is 0 Å². The molecule has 4 saturated carbocycles. The summed E-state index contributed by atoms with van der Waals surface area (Å²) in [6, 6.07) is 0. The van der Waals surface area contributed by atoms with E-state index < -0.39 is 5.41 Å². The fourth-order valence-electron chi connectivity index (χ4n) is 8.49. The number of aliphatic hydroxyl groups excluding tert-OH is 1. The van der Waals surface area contributed by atoms with E-state index in [4.69, 9.17) is 9.47 Å². The van der Waals surface area contributed by atoms with Crippen molar-refractivity contribution in [1.82, 2.24) is 0 Å². The lowest BCUT2D eigenvalue weighted by atomic mass is 9.43. The van der Waals surface area contributed by atoms with Crippen LogP contribution in [0.4, 0.5) is 0 Å². The van der Waals surface area contributed by atoms with E-state index in [2.05, 4.69) is 13.8 Å². The molecule has 4 rings (SSSR count). The summed E-state index contributed by atoms with van der Waals surface area (Å²) in [4.78, 5) is 36.8. The maximum absolute atomic E-state index is 12.6. The Morgan fingerprint density at radius 2 is 1.55 bits per heavy atom.